The molecule has 16 heavy (non-hydrogen) atoms. The van der Waals surface area contributed by atoms with Crippen LogP contribution in [0.4, 0.5) is 0 Å². The van der Waals surface area contributed by atoms with Crippen molar-refractivity contribution in [1.82, 2.24) is 4.90 Å². The molecule has 1 aromatic carbocycles. The number of hydrogen-bond acceptors (Lipinski definition) is 2. The van der Waals surface area contributed by atoms with Crippen LogP contribution in [0.15, 0.2) is 36.9 Å². The van der Waals surface area contributed by atoms with Gasteiger partial charge in [-0.1, -0.05) is 29.8 Å². The van der Waals surface area contributed by atoms with Crippen LogP contribution in [-0.2, 0) is 4.74 Å². The summed E-state index contributed by atoms with van der Waals surface area (Å²) in [6.45, 7) is 7.37. The molecule has 1 unspecified atom stereocenters. The fraction of sp³-hybridized carbons (Fsp3) is 0.385. The third-order valence-corrected chi connectivity index (χ3v) is 3.03. The molecule has 0 N–H and O–H groups in total. The molecule has 3 heteroatoms. The molecule has 0 spiro atoms. The average Bonchev–Trinajstić information content (AvgIpc) is 2.31. The molecule has 1 aliphatic heterocycles. The Morgan fingerprint density at radius 3 is 2.88 bits per heavy atom. The lowest BCUT2D eigenvalue weighted by Gasteiger charge is -2.32. The Balaban J connectivity index is 2.03. The van der Waals surface area contributed by atoms with E-state index in [2.05, 4.69) is 11.5 Å². The van der Waals surface area contributed by atoms with Crippen LogP contribution < -0.4 is 0 Å². The van der Waals surface area contributed by atoms with Crippen molar-refractivity contribution in [1.29, 1.82) is 0 Å². The quantitative estimate of drug-likeness (QED) is 0.750. The van der Waals surface area contributed by atoms with Gasteiger partial charge in [0.05, 0.1) is 12.7 Å². The van der Waals surface area contributed by atoms with Crippen LogP contribution in [0.3, 0.4) is 0 Å². The van der Waals surface area contributed by atoms with Gasteiger partial charge >= 0.3 is 0 Å². The maximum atomic E-state index is 5.86. The summed E-state index contributed by atoms with van der Waals surface area (Å²) in [6, 6.07) is 7.88. The van der Waals surface area contributed by atoms with Crippen molar-refractivity contribution in [2.45, 2.75) is 6.10 Å². The van der Waals surface area contributed by atoms with Gasteiger partial charge in [0.25, 0.3) is 0 Å². The van der Waals surface area contributed by atoms with Crippen LogP contribution in [0.1, 0.15) is 11.7 Å². The summed E-state index contributed by atoms with van der Waals surface area (Å²) in [6.07, 6.45) is 2.09. The van der Waals surface area contributed by atoms with Gasteiger partial charge in [-0.15, -0.1) is 6.58 Å². The molecule has 2 nitrogen and oxygen atoms in total. The number of ether oxygens (including phenoxy) is 1. The predicted molar refractivity (Wildman–Crippen MR) is 66.8 cm³/mol. The minimum atomic E-state index is 0.158. The van der Waals surface area contributed by atoms with Crippen molar-refractivity contribution in [2.24, 2.45) is 0 Å². The molecule has 86 valence electrons. The Labute approximate surface area is 101 Å². The van der Waals surface area contributed by atoms with Crippen LogP contribution in [0.25, 0.3) is 0 Å². The number of hydrogen-bond donors (Lipinski definition) is 0. The number of morpholine rings is 1. The van der Waals surface area contributed by atoms with Gasteiger partial charge in [-0.25, -0.2) is 0 Å². The van der Waals surface area contributed by atoms with Crippen LogP contribution in [0.2, 0.25) is 5.02 Å². The molecule has 0 saturated carbocycles. The Bertz CT molecular complexity index is 349. The topological polar surface area (TPSA) is 12.5 Å². The first kappa shape index (κ1) is 11.6. The zero-order chi connectivity index (χ0) is 11.4. The smallest absolute Gasteiger partial charge is 0.0952 e. The predicted octanol–water partition coefficient (Wildman–Crippen LogP) is 2.90. The normalized spacial score (nSPS) is 21.9. The van der Waals surface area contributed by atoms with E-state index in [-0.39, 0.29) is 6.10 Å². The van der Waals surface area contributed by atoms with E-state index in [0.29, 0.717) is 0 Å². The Morgan fingerprint density at radius 2 is 2.19 bits per heavy atom. The Morgan fingerprint density at radius 1 is 1.44 bits per heavy atom. The standard InChI is InChI=1S/C13H16ClNO/c1-2-7-15-8-9-16-13(10-15)11-3-5-12(14)6-4-11/h2-6,13H,1,7-10H2. The van der Waals surface area contributed by atoms with Crippen molar-refractivity contribution < 1.29 is 4.74 Å². The van der Waals surface area contributed by atoms with Crippen molar-refractivity contribution in [3.8, 4) is 0 Å². The fourth-order valence-corrected chi connectivity index (χ4v) is 2.06. The summed E-state index contributed by atoms with van der Waals surface area (Å²) in [5.41, 5.74) is 1.19. The van der Waals surface area contributed by atoms with Crippen LogP contribution in [-0.4, -0.2) is 31.1 Å². The van der Waals surface area contributed by atoms with Gasteiger partial charge in [-0.05, 0) is 17.7 Å². The van der Waals surface area contributed by atoms with Gasteiger partial charge in [-0.3, -0.25) is 4.90 Å². The van der Waals surface area contributed by atoms with Crippen molar-refractivity contribution in [3.05, 3.63) is 47.5 Å². The second-order valence-corrected chi connectivity index (χ2v) is 4.40. The maximum absolute atomic E-state index is 5.86. The van der Waals surface area contributed by atoms with Gasteiger partial charge in [0.15, 0.2) is 0 Å². The minimum absolute atomic E-state index is 0.158. The number of rotatable bonds is 3. The molecule has 1 heterocycles. The summed E-state index contributed by atoms with van der Waals surface area (Å²) in [5, 5.41) is 0.766. The first-order valence-corrected chi connectivity index (χ1v) is 5.87. The molecular weight excluding hydrogens is 222 g/mol. The molecular formula is C13H16ClNO. The van der Waals surface area contributed by atoms with Gasteiger partial charge < -0.3 is 4.74 Å². The Hall–Kier alpha value is -0.830. The first-order chi connectivity index (χ1) is 7.79. The molecule has 1 fully saturated rings. The second-order valence-electron chi connectivity index (χ2n) is 3.96. The highest BCUT2D eigenvalue weighted by atomic mass is 35.5. The van der Waals surface area contributed by atoms with Crippen molar-refractivity contribution in [2.75, 3.05) is 26.2 Å². The van der Waals surface area contributed by atoms with Crippen molar-refractivity contribution in [3.63, 3.8) is 0 Å². The lowest BCUT2D eigenvalue weighted by atomic mass is 10.1. The summed E-state index contributed by atoms with van der Waals surface area (Å²) in [4.78, 5) is 2.34. The molecule has 0 bridgehead atoms. The van der Waals surface area contributed by atoms with E-state index in [1.54, 1.807) is 0 Å². The van der Waals surface area contributed by atoms with E-state index in [0.717, 1.165) is 31.3 Å². The number of halogens is 1. The average molecular weight is 238 g/mol. The highest BCUT2D eigenvalue weighted by Crippen LogP contribution is 2.23. The number of benzene rings is 1. The largest absolute Gasteiger partial charge is 0.371 e. The second kappa shape index (κ2) is 5.48. The number of nitrogens with zero attached hydrogens (tertiary/aromatic N) is 1. The highest BCUT2D eigenvalue weighted by molar-refractivity contribution is 6.30. The van der Waals surface area contributed by atoms with Gasteiger partial charge in [0.1, 0.15) is 0 Å². The van der Waals surface area contributed by atoms with Crippen LogP contribution >= 0.6 is 11.6 Å². The maximum Gasteiger partial charge on any atom is 0.0952 e. The van der Waals surface area contributed by atoms with Gasteiger partial charge in [0.2, 0.25) is 0 Å². The molecule has 0 radical (unpaired) electrons. The molecule has 1 atom stereocenters. The van der Waals surface area contributed by atoms with Crippen LogP contribution in [0, 0.1) is 0 Å². The zero-order valence-electron chi connectivity index (χ0n) is 9.23. The van der Waals surface area contributed by atoms with E-state index >= 15 is 0 Å². The molecule has 1 saturated heterocycles. The van der Waals surface area contributed by atoms with Crippen molar-refractivity contribution >= 4 is 11.6 Å². The van der Waals surface area contributed by atoms with E-state index in [1.165, 1.54) is 5.56 Å². The van der Waals surface area contributed by atoms with Gasteiger partial charge in [0, 0.05) is 24.7 Å². The fourth-order valence-electron chi connectivity index (χ4n) is 1.93. The summed E-state index contributed by atoms with van der Waals surface area (Å²) in [5.74, 6) is 0. The highest BCUT2D eigenvalue weighted by Gasteiger charge is 2.20. The molecule has 0 amide bonds. The summed E-state index contributed by atoms with van der Waals surface area (Å²) < 4.78 is 5.76. The summed E-state index contributed by atoms with van der Waals surface area (Å²) in [7, 11) is 0. The third kappa shape index (κ3) is 2.85. The third-order valence-electron chi connectivity index (χ3n) is 2.78. The lowest BCUT2D eigenvalue weighted by molar-refractivity contribution is -0.0260. The van der Waals surface area contributed by atoms with Crippen LogP contribution in [0.5, 0.6) is 0 Å². The molecule has 2 rings (SSSR count). The van der Waals surface area contributed by atoms with E-state index < -0.39 is 0 Å². The summed E-state index contributed by atoms with van der Waals surface area (Å²) >= 11 is 5.86. The van der Waals surface area contributed by atoms with E-state index in [4.69, 9.17) is 16.3 Å². The van der Waals surface area contributed by atoms with E-state index in [9.17, 15) is 0 Å². The monoisotopic (exact) mass is 237 g/mol. The lowest BCUT2D eigenvalue weighted by Crippen LogP contribution is -2.38. The van der Waals surface area contributed by atoms with E-state index in [1.807, 2.05) is 30.3 Å². The van der Waals surface area contributed by atoms with Gasteiger partial charge in [-0.2, -0.15) is 0 Å². The minimum Gasteiger partial charge on any atom is -0.371 e. The first-order valence-electron chi connectivity index (χ1n) is 5.50. The molecule has 0 aromatic heterocycles. The Kier molecular flexibility index (Phi) is 3.99. The molecule has 1 aromatic rings. The molecule has 0 aliphatic carbocycles. The zero-order valence-corrected chi connectivity index (χ0v) is 9.99. The molecule has 1 aliphatic rings. The SMILES string of the molecule is C=CCN1CCOC(c2ccc(Cl)cc2)C1.